The first-order valence-corrected chi connectivity index (χ1v) is 5.76. The molecule has 1 heterocycles. The minimum atomic E-state index is -0.489. The average Bonchev–Trinajstić information content (AvgIpc) is 2.38. The zero-order valence-corrected chi connectivity index (χ0v) is 10.7. The Morgan fingerprint density at radius 3 is 2.74 bits per heavy atom. The van der Waals surface area contributed by atoms with Gasteiger partial charge in [0.05, 0.1) is 0 Å². The minimum Gasteiger partial charge on any atom is -0.398 e. The van der Waals surface area contributed by atoms with Crippen LogP contribution in [-0.4, -0.2) is 10.9 Å². The molecule has 0 fully saturated rings. The first-order chi connectivity index (χ1) is 8.99. The number of hydrogen-bond acceptors (Lipinski definition) is 3. The number of nitrogen functional groups attached to an aromatic ring is 1. The Hall–Kier alpha value is -2.43. The molecule has 2 aromatic rings. The fourth-order valence-electron chi connectivity index (χ4n) is 1.64. The van der Waals surface area contributed by atoms with E-state index in [1.54, 1.807) is 25.4 Å². The summed E-state index contributed by atoms with van der Waals surface area (Å²) in [5.74, 6) is -0.892. The van der Waals surface area contributed by atoms with Gasteiger partial charge in [0.1, 0.15) is 5.82 Å². The Morgan fingerprint density at radius 2 is 2.11 bits per heavy atom. The van der Waals surface area contributed by atoms with Gasteiger partial charge >= 0.3 is 0 Å². The first-order valence-electron chi connectivity index (χ1n) is 5.76. The van der Waals surface area contributed by atoms with Gasteiger partial charge in [-0.2, -0.15) is 0 Å². The number of carbonyl (C=O) groups is 1. The third kappa shape index (κ3) is 2.70. The number of halogens is 1. The molecule has 19 heavy (non-hydrogen) atoms. The van der Waals surface area contributed by atoms with E-state index in [0.29, 0.717) is 11.3 Å². The van der Waals surface area contributed by atoms with Gasteiger partial charge in [-0.15, -0.1) is 0 Å². The normalized spacial score (nSPS) is 10.3. The first kappa shape index (κ1) is 13.0. The summed E-state index contributed by atoms with van der Waals surface area (Å²) >= 11 is 0. The number of benzene rings is 1. The molecular formula is C14H14FN3O. The van der Waals surface area contributed by atoms with E-state index >= 15 is 0 Å². The van der Waals surface area contributed by atoms with Crippen molar-refractivity contribution in [3.05, 3.63) is 53.1 Å². The number of nitrogens with zero attached hydrogens (tertiary/aromatic N) is 1. The molecule has 0 radical (unpaired) electrons. The molecule has 1 aromatic heterocycles. The maximum absolute atomic E-state index is 13.5. The highest BCUT2D eigenvalue weighted by molar-refractivity contribution is 6.05. The lowest BCUT2D eigenvalue weighted by atomic mass is 10.1. The number of pyridine rings is 1. The van der Waals surface area contributed by atoms with Gasteiger partial charge in [0.15, 0.2) is 0 Å². The molecule has 1 amide bonds. The van der Waals surface area contributed by atoms with Crippen molar-refractivity contribution >= 4 is 17.3 Å². The maximum atomic E-state index is 13.5. The number of hydrogen-bond donors (Lipinski definition) is 2. The largest absolute Gasteiger partial charge is 0.398 e. The molecule has 98 valence electrons. The van der Waals surface area contributed by atoms with E-state index in [0.717, 1.165) is 5.56 Å². The lowest BCUT2D eigenvalue weighted by Gasteiger charge is -2.09. The van der Waals surface area contributed by atoms with E-state index in [-0.39, 0.29) is 11.3 Å². The molecule has 0 saturated heterocycles. The van der Waals surface area contributed by atoms with E-state index in [1.807, 2.05) is 6.92 Å². The minimum absolute atomic E-state index is 0.191. The molecule has 3 N–H and O–H groups in total. The smallest absolute Gasteiger partial charge is 0.255 e. The Bertz CT molecular complexity index is 617. The van der Waals surface area contributed by atoms with Crippen molar-refractivity contribution in [3.8, 4) is 0 Å². The number of rotatable bonds is 2. The molecule has 2 rings (SSSR count). The summed E-state index contributed by atoms with van der Waals surface area (Å²) in [4.78, 5) is 16.0. The van der Waals surface area contributed by atoms with Crippen molar-refractivity contribution in [2.45, 2.75) is 13.8 Å². The monoisotopic (exact) mass is 259 g/mol. The van der Waals surface area contributed by atoms with Crippen LogP contribution in [0.1, 0.15) is 21.5 Å². The number of nitrogens with one attached hydrogen (secondary N) is 1. The molecule has 0 aliphatic carbocycles. The Morgan fingerprint density at radius 1 is 1.37 bits per heavy atom. The van der Waals surface area contributed by atoms with Crippen LogP contribution in [0.3, 0.4) is 0 Å². The Labute approximate surface area is 110 Å². The summed E-state index contributed by atoms with van der Waals surface area (Å²) in [5, 5.41) is 2.70. The van der Waals surface area contributed by atoms with E-state index < -0.39 is 11.7 Å². The molecule has 1 aromatic carbocycles. The summed E-state index contributed by atoms with van der Waals surface area (Å²) in [6, 6.07) is 4.32. The third-order valence-corrected chi connectivity index (χ3v) is 2.92. The van der Waals surface area contributed by atoms with Crippen LogP contribution >= 0.6 is 0 Å². The van der Waals surface area contributed by atoms with Crippen LogP contribution in [0.15, 0.2) is 30.6 Å². The molecule has 0 aliphatic heterocycles. The van der Waals surface area contributed by atoms with Gasteiger partial charge in [0, 0.05) is 34.9 Å². The van der Waals surface area contributed by atoms with E-state index in [4.69, 9.17) is 5.73 Å². The highest BCUT2D eigenvalue weighted by atomic mass is 19.1. The summed E-state index contributed by atoms with van der Waals surface area (Å²) in [6.45, 7) is 3.39. The van der Waals surface area contributed by atoms with Crippen LogP contribution in [0.4, 0.5) is 15.8 Å². The van der Waals surface area contributed by atoms with E-state index in [1.165, 1.54) is 12.1 Å². The lowest BCUT2D eigenvalue weighted by Crippen LogP contribution is -2.14. The number of amides is 1. The topological polar surface area (TPSA) is 68.0 Å². The number of nitrogens with two attached hydrogens (primary N) is 1. The fourth-order valence-corrected chi connectivity index (χ4v) is 1.64. The average molecular weight is 259 g/mol. The van der Waals surface area contributed by atoms with Gasteiger partial charge in [-0.25, -0.2) is 4.39 Å². The molecule has 0 spiro atoms. The zero-order chi connectivity index (χ0) is 14.0. The molecule has 0 atom stereocenters. The lowest BCUT2D eigenvalue weighted by molar-refractivity contribution is 0.102. The van der Waals surface area contributed by atoms with Gasteiger partial charge in [0.25, 0.3) is 5.91 Å². The standard InChI is InChI=1S/C14H14FN3O/c1-8-7-17-4-3-13(8)18-14(19)10-5-11(15)9(2)12(16)6-10/h3-7H,16H2,1-2H3,(H,17,18,19). The predicted octanol–water partition coefficient (Wildman–Crippen LogP) is 2.67. The number of aromatic nitrogens is 1. The second-order valence-electron chi connectivity index (χ2n) is 4.32. The summed E-state index contributed by atoms with van der Waals surface area (Å²) in [7, 11) is 0. The number of carbonyl (C=O) groups excluding carboxylic acids is 1. The molecule has 0 saturated carbocycles. The summed E-state index contributed by atoms with van der Waals surface area (Å²) in [5.41, 5.74) is 7.92. The maximum Gasteiger partial charge on any atom is 0.255 e. The van der Waals surface area contributed by atoms with E-state index in [9.17, 15) is 9.18 Å². The van der Waals surface area contributed by atoms with Gasteiger partial charge in [-0.1, -0.05) is 0 Å². The fraction of sp³-hybridized carbons (Fsp3) is 0.143. The molecule has 0 unspecified atom stereocenters. The van der Waals surface area contributed by atoms with Crippen molar-refractivity contribution in [2.24, 2.45) is 0 Å². The number of aryl methyl sites for hydroxylation is 1. The molecule has 4 nitrogen and oxygen atoms in total. The van der Waals surface area contributed by atoms with Crippen molar-refractivity contribution in [1.82, 2.24) is 4.98 Å². The van der Waals surface area contributed by atoms with Crippen LogP contribution in [0.25, 0.3) is 0 Å². The molecule has 5 heteroatoms. The third-order valence-electron chi connectivity index (χ3n) is 2.92. The molecule has 0 bridgehead atoms. The van der Waals surface area contributed by atoms with Gasteiger partial charge in [-0.3, -0.25) is 9.78 Å². The van der Waals surface area contributed by atoms with Crippen LogP contribution in [0.5, 0.6) is 0 Å². The molecular weight excluding hydrogens is 245 g/mol. The highest BCUT2D eigenvalue weighted by Gasteiger charge is 2.12. The molecule has 0 aliphatic rings. The Balaban J connectivity index is 2.28. The van der Waals surface area contributed by atoms with Crippen LogP contribution < -0.4 is 11.1 Å². The SMILES string of the molecule is Cc1cnccc1NC(=O)c1cc(N)c(C)c(F)c1. The van der Waals surface area contributed by atoms with Gasteiger partial charge < -0.3 is 11.1 Å². The van der Waals surface area contributed by atoms with Crippen molar-refractivity contribution in [2.75, 3.05) is 11.1 Å². The zero-order valence-electron chi connectivity index (χ0n) is 10.7. The quantitative estimate of drug-likeness (QED) is 0.815. The van der Waals surface area contributed by atoms with Crippen molar-refractivity contribution < 1.29 is 9.18 Å². The summed E-state index contributed by atoms with van der Waals surface area (Å²) < 4.78 is 13.5. The Kier molecular flexibility index (Phi) is 3.46. The number of anilines is 2. The second kappa shape index (κ2) is 5.06. The highest BCUT2D eigenvalue weighted by Crippen LogP contribution is 2.19. The van der Waals surface area contributed by atoms with Crippen LogP contribution in [0, 0.1) is 19.7 Å². The second-order valence-corrected chi connectivity index (χ2v) is 4.32. The van der Waals surface area contributed by atoms with Crippen LogP contribution in [-0.2, 0) is 0 Å². The van der Waals surface area contributed by atoms with Gasteiger partial charge in [0.2, 0.25) is 0 Å². The van der Waals surface area contributed by atoms with Crippen LogP contribution in [0.2, 0.25) is 0 Å². The van der Waals surface area contributed by atoms with Crippen molar-refractivity contribution in [3.63, 3.8) is 0 Å². The van der Waals surface area contributed by atoms with Gasteiger partial charge in [-0.05, 0) is 37.6 Å². The van der Waals surface area contributed by atoms with Crippen molar-refractivity contribution in [1.29, 1.82) is 0 Å². The summed E-state index contributed by atoms with van der Waals surface area (Å²) in [6.07, 6.45) is 3.21. The van der Waals surface area contributed by atoms with E-state index in [2.05, 4.69) is 10.3 Å². The predicted molar refractivity (Wildman–Crippen MR) is 72.5 cm³/mol.